The van der Waals surface area contributed by atoms with Gasteiger partial charge in [0.25, 0.3) is 11.5 Å². The third-order valence-electron chi connectivity index (χ3n) is 4.87. The van der Waals surface area contributed by atoms with E-state index in [1.807, 2.05) is 30.3 Å². The molecule has 1 aromatic carbocycles. The normalized spacial score (nSPS) is 15.1. The Kier molecular flexibility index (Phi) is 4.97. The molecular formula is C19H22N6O2. The van der Waals surface area contributed by atoms with Gasteiger partial charge >= 0.3 is 0 Å². The Morgan fingerprint density at radius 3 is 2.70 bits per heavy atom. The van der Waals surface area contributed by atoms with Gasteiger partial charge in [-0.3, -0.25) is 9.59 Å². The van der Waals surface area contributed by atoms with Gasteiger partial charge in [0.2, 0.25) is 0 Å². The summed E-state index contributed by atoms with van der Waals surface area (Å²) in [5.41, 5.74) is 1.30. The Morgan fingerprint density at radius 2 is 1.93 bits per heavy atom. The lowest BCUT2D eigenvalue weighted by Gasteiger charge is -2.26. The molecule has 0 unspecified atom stereocenters. The molecule has 0 bridgehead atoms. The molecule has 27 heavy (non-hydrogen) atoms. The number of carbonyl (C=O) groups is 1. The van der Waals surface area contributed by atoms with Crippen molar-refractivity contribution in [2.45, 2.75) is 19.3 Å². The zero-order valence-electron chi connectivity index (χ0n) is 15.0. The summed E-state index contributed by atoms with van der Waals surface area (Å²) in [6.45, 7) is 3.48. The predicted molar refractivity (Wildman–Crippen MR) is 102 cm³/mol. The molecule has 4 rings (SSSR count). The zero-order valence-corrected chi connectivity index (χ0v) is 15.0. The zero-order chi connectivity index (χ0) is 18.6. The highest BCUT2D eigenvalue weighted by Gasteiger charge is 2.19. The van der Waals surface area contributed by atoms with E-state index in [0.29, 0.717) is 12.2 Å². The van der Waals surface area contributed by atoms with Crippen molar-refractivity contribution >= 4 is 11.4 Å². The fourth-order valence-corrected chi connectivity index (χ4v) is 3.44. The van der Waals surface area contributed by atoms with E-state index in [1.54, 1.807) is 6.20 Å². The van der Waals surface area contributed by atoms with Crippen LogP contribution >= 0.6 is 0 Å². The van der Waals surface area contributed by atoms with Gasteiger partial charge in [0.1, 0.15) is 0 Å². The van der Waals surface area contributed by atoms with E-state index in [1.165, 1.54) is 23.8 Å². The number of nitrogens with one attached hydrogen (secondary N) is 2. The van der Waals surface area contributed by atoms with Crippen LogP contribution in [-0.2, 0) is 0 Å². The molecule has 1 aliphatic rings. The van der Waals surface area contributed by atoms with E-state index in [0.717, 1.165) is 25.2 Å². The summed E-state index contributed by atoms with van der Waals surface area (Å²) in [5.74, 6) is -0.375. The van der Waals surface area contributed by atoms with Crippen molar-refractivity contribution in [3.63, 3.8) is 0 Å². The van der Waals surface area contributed by atoms with E-state index in [4.69, 9.17) is 0 Å². The molecule has 1 saturated heterocycles. The molecule has 1 amide bonds. The number of piperidine rings is 1. The maximum absolute atomic E-state index is 12.5. The van der Waals surface area contributed by atoms with E-state index in [-0.39, 0.29) is 22.7 Å². The monoisotopic (exact) mass is 366 g/mol. The molecule has 3 aromatic rings. The summed E-state index contributed by atoms with van der Waals surface area (Å²) in [4.78, 5) is 30.2. The minimum absolute atomic E-state index is 0.0505. The van der Waals surface area contributed by atoms with E-state index in [2.05, 4.69) is 25.5 Å². The van der Waals surface area contributed by atoms with Crippen LogP contribution in [0.25, 0.3) is 16.8 Å². The van der Waals surface area contributed by atoms with Gasteiger partial charge < -0.3 is 15.2 Å². The number of nitrogens with zero attached hydrogens (tertiary/aromatic N) is 4. The highest BCUT2D eigenvalue weighted by molar-refractivity contribution is 5.98. The highest BCUT2D eigenvalue weighted by Crippen LogP contribution is 2.15. The van der Waals surface area contributed by atoms with Crippen LogP contribution in [0.3, 0.4) is 0 Å². The van der Waals surface area contributed by atoms with Gasteiger partial charge in [-0.25, -0.2) is 4.52 Å². The number of amides is 1. The van der Waals surface area contributed by atoms with Gasteiger partial charge in [-0.05, 0) is 31.5 Å². The second kappa shape index (κ2) is 7.71. The lowest BCUT2D eigenvalue weighted by atomic mass is 10.1. The summed E-state index contributed by atoms with van der Waals surface area (Å²) in [6.07, 6.45) is 5.37. The lowest BCUT2D eigenvalue weighted by molar-refractivity contribution is 0.0943. The molecule has 0 saturated carbocycles. The van der Waals surface area contributed by atoms with Crippen molar-refractivity contribution in [2.75, 3.05) is 26.2 Å². The number of likely N-dealkylation sites (tertiary alicyclic amines) is 1. The summed E-state index contributed by atoms with van der Waals surface area (Å²) < 4.78 is 1.36. The number of hydrogen-bond donors (Lipinski definition) is 2. The van der Waals surface area contributed by atoms with Crippen LogP contribution in [0.2, 0.25) is 0 Å². The molecule has 0 atom stereocenters. The number of hydrogen-bond acceptors (Lipinski definition) is 5. The quantitative estimate of drug-likeness (QED) is 0.710. The number of H-pyrrole nitrogens is 1. The summed E-state index contributed by atoms with van der Waals surface area (Å²) >= 11 is 0. The molecule has 2 N–H and O–H groups in total. The van der Waals surface area contributed by atoms with Crippen LogP contribution in [0.1, 0.15) is 29.8 Å². The van der Waals surface area contributed by atoms with Gasteiger partial charge in [-0.15, -0.1) is 5.10 Å². The fourth-order valence-electron chi connectivity index (χ4n) is 3.44. The van der Waals surface area contributed by atoms with Crippen molar-refractivity contribution in [2.24, 2.45) is 0 Å². The van der Waals surface area contributed by atoms with Crippen LogP contribution in [0.15, 0.2) is 41.3 Å². The lowest BCUT2D eigenvalue weighted by Crippen LogP contribution is -2.38. The molecule has 3 heterocycles. The second-order valence-corrected chi connectivity index (χ2v) is 6.75. The van der Waals surface area contributed by atoms with Crippen LogP contribution < -0.4 is 10.9 Å². The number of fused-ring (bicyclic) bond motifs is 1. The van der Waals surface area contributed by atoms with Gasteiger partial charge in [0.15, 0.2) is 11.2 Å². The maximum atomic E-state index is 12.5. The van der Waals surface area contributed by atoms with Crippen LogP contribution in [0.5, 0.6) is 0 Å². The van der Waals surface area contributed by atoms with Crippen molar-refractivity contribution in [3.8, 4) is 11.3 Å². The Morgan fingerprint density at radius 1 is 1.15 bits per heavy atom. The van der Waals surface area contributed by atoms with Crippen molar-refractivity contribution in [1.82, 2.24) is 30.0 Å². The Labute approximate surface area is 156 Å². The molecule has 0 spiro atoms. The first kappa shape index (κ1) is 17.4. The molecule has 8 nitrogen and oxygen atoms in total. The van der Waals surface area contributed by atoms with Gasteiger partial charge in [0.05, 0.1) is 11.9 Å². The van der Waals surface area contributed by atoms with Crippen molar-refractivity contribution in [1.29, 1.82) is 0 Å². The Balaban J connectivity index is 1.50. The molecule has 0 aliphatic carbocycles. The van der Waals surface area contributed by atoms with E-state index in [9.17, 15) is 9.59 Å². The third kappa shape index (κ3) is 3.75. The number of aromatic nitrogens is 4. The SMILES string of the molecule is O=C(NCCN1CCCCC1)c1nnn2cc(-c3ccccc3)[nH]c(=O)c12. The summed E-state index contributed by atoms with van der Waals surface area (Å²) in [7, 11) is 0. The molecule has 140 valence electrons. The Hall–Kier alpha value is -3.00. The van der Waals surface area contributed by atoms with Crippen molar-refractivity contribution in [3.05, 3.63) is 52.6 Å². The van der Waals surface area contributed by atoms with Gasteiger partial charge in [-0.1, -0.05) is 42.0 Å². The summed E-state index contributed by atoms with van der Waals surface area (Å²) in [6, 6.07) is 9.47. The summed E-state index contributed by atoms with van der Waals surface area (Å²) in [5, 5.41) is 10.7. The number of aromatic amines is 1. The minimum Gasteiger partial charge on any atom is -0.349 e. The highest BCUT2D eigenvalue weighted by atomic mass is 16.2. The topological polar surface area (TPSA) is 95.4 Å². The molecular weight excluding hydrogens is 344 g/mol. The first-order chi connectivity index (χ1) is 13.2. The predicted octanol–water partition coefficient (Wildman–Crippen LogP) is 1.30. The van der Waals surface area contributed by atoms with Crippen LogP contribution in [0.4, 0.5) is 0 Å². The first-order valence-electron chi connectivity index (χ1n) is 9.27. The largest absolute Gasteiger partial charge is 0.349 e. The number of carbonyl (C=O) groups excluding carboxylic acids is 1. The van der Waals surface area contributed by atoms with Crippen LogP contribution in [0, 0.1) is 0 Å². The minimum atomic E-state index is -0.387. The first-order valence-corrected chi connectivity index (χ1v) is 9.27. The van der Waals surface area contributed by atoms with Crippen LogP contribution in [-0.4, -0.2) is 56.8 Å². The third-order valence-corrected chi connectivity index (χ3v) is 4.87. The molecule has 1 fully saturated rings. The van der Waals surface area contributed by atoms with E-state index < -0.39 is 0 Å². The number of rotatable bonds is 5. The molecule has 8 heteroatoms. The molecule has 0 radical (unpaired) electrons. The van der Waals surface area contributed by atoms with E-state index >= 15 is 0 Å². The Bertz CT molecular complexity index is 988. The van der Waals surface area contributed by atoms with Crippen molar-refractivity contribution < 1.29 is 4.79 Å². The van der Waals surface area contributed by atoms with Gasteiger partial charge in [0, 0.05) is 13.1 Å². The molecule has 2 aromatic heterocycles. The average molecular weight is 366 g/mol. The second-order valence-electron chi connectivity index (χ2n) is 6.75. The number of benzene rings is 1. The smallest absolute Gasteiger partial charge is 0.276 e. The standard InChI is InChI=1S/C19H22N6O2/c26-18(20-9-12-24-10-5-2-6-11-24)16-17-19(27)21-15(13-25(17)23-22-16)14-7-3-1-4-8-14/h1,3-4,7-8,13H,2,5-6,9-12H2,(H,20,26)(H,21,27). The maximum Gasteiger partial charge on any atom is 0.276 e. The average Bonchev–Trinajstić information content (AvgIpc) is 3.14. The fraction of sp³-hybridized carbons (Fsp3) is 0.368. The van der Waals surface area contributed by atoms with Gasteiger partial charge in [-0.2, -0.15) is 0 Å². The molecule has 1 aliphatic heterocycles.